The molecule has 25 heavy (non-hydrogen) atoms. The minimum absolute atomic E-state index is 0.0668. The molecular weight excluding hydrogens is 314 g/mol. The molecule has 0 unspecified atom stereocenters. The van der Waals surface area contributed by atoms with Crippen LogP contribution in [0.4, 0.5) is 11.5 Å². The molecule has 2 aromatic rings. The van der Waals surface area contributed by atoms with Gasteiger partial charge < -0.3 is 15.5 Å². The Kier molecular flexibility index (Phi) is 5.28. The van der Waals surface area contributed by atoms with Crippen molar-refractivity contribution in [3.8, 4) is 0 Å². The summed E-state index contributed by atoms with van der Waals surface area (Å²) >= 11 is 0. The lowest BCUT2D eigenvalue weighted by Gasteiger charge is -2.22. The van der Waals surface area contributed by atoms with E-state index in [0.29, 0.717) is 18.8 Å². The lowest BCUT2D eigenvalue weighted by atomic mass is 10.2. The quantitative estimate of drug-likeness (QED) is 0.664. The second kappa shape index (κ2) is 7.79. The molecule has 130 valence electrons. The molecule has 0 saturated heterocycles. The second-order valence-corrected chi connectivity index (χ2v) is 5.97. The number of fused-ring (bicyclic) bond motifs is 1. The zero-order valence-corrected chi connectivity index (χ0v) is 14.6. The van der Waals surface area contributed by atoms with E-state index < -0.39 is 0 Å². The molecule has 0 saturated carbocycles. The molecule has 1 aliphatic rings. The largest absolute Gasteiger partial charge is 0.355 e. The number of hydrogen-bond acceptors (Lipinski definition) is 3. The summed E-state index contributed by atoms with van der Waals surface area (Å²) in [5.74, 6) is 1.32. The number of guanidine groups is 1. The van der Waals surface area contributed by atoms with E-state index in [1.807, 2.05) is 25.1 Å². The van der Waals surface area contributed by atoms with E-state index in [9.17, 15) is 4.79 Å². The van der Waals surface area contributed by atoms with Crippen LogP contribution in [0.1, 0.15) is 17.7 Å². The molecule has 1 aliphatic heterocycles. The maximum absolute atomic E-state index is 12.1. The van der Waals surface area contributed by atoms with Crippen LogP contribution in [0.2, 0.25) is 0 Å². The summed E-state index contributed by atoms with van der Waals surface area (Å²) in [7, 11) is 1.76. The summed E-state index contributed by atoms with van der Waals surface area (Å²) in [6.45, 7) is 3.32. The number of nitrogens with zero attached hydrogens (tertiary/aromatic N) is 3. The van der Waals surface area contributed by atoms with Crippen LogP contribution in [-0.2, 0) is 11.2 Å². The number of para-hydroxylation sites is 1. The van der Waals surface area contributed by atoms with E-state index >= 15 is 0 Å². The number of benzene rings is 1. The van der Waals surface area contributed by atoms with Gasteiger partial charge in [-0.2, -0.15) is 0 Å². The van der Waals surface area contributed by atoms with E-state index in [2.05, 4.69) is 43.7 Å². The number of aromatic nitrogens is 1. The van der Waals surface area contributed by atoms with Gasteiger partial charge in [-0.15, -0.1) is 0 Å². The summed E-state index contributed by atoms with van der Waals surface area (Å²) in [6, 6.07) is 13.9. The molecule has 1 aromatic carbocycles. The number of carbonyl (C=O) groups excluding carboxylic acids is 1. The van der Waals surface area contributed by atoms with Crippen molar-refractivity contribution in [2.45, 2.75) is 19.8 Å². The Morgan fingerprint density at radius 3 is 2.88 bits per heavy atom. The van der Waals surface area contributed by atoms with Gasteiger partial charge in [0.05, 0.1) is 0 Å². The molecule has 0 spiro atoms. The van der Waals surface area contributed by atoms with Gasteiger partial charge in [-0.25, -0.2) is 4.98 Å². The van der Waals surface area contributed by atoms with E-state index in [0.717, 1.165) is 24.6 Å². The molecule has 3 rings (SSSR count). The predicted molar refractivity (Wildman–Crippen MR) is 101 cm³/mol. The SMILES string of the molecule is CN=C(NCCC(=O)Nc1cccc(C)n1)N1CCc2ccccc21. The number of anilines is 2. The van der Waals surface area contributed by atoms with Gasteiger partial charge in [-0.1, -0.05) is 24.3 Å². The second-order valence-electron chi connectivity index (χ2n) is 5.97. The summed E-state index contributed by atoms with van der Waals surface area (Å²) in [5.41, 5.74) is 3.39. The Morgan fingerprint density at radius 1 is 1.24 bits per heavy atom. The number of rotatable bonds is 4. The van der Waals surface area contributed by atoms with Crippen LogP contribution in [0.25, 0.3) is 0 Å². The van der Waals surface area contributed by atoms with Crippen molar-refractivity contribution in [2.24, 2.45) is 4.99 Å². The molecule has 0 aliphatic carbocycles. The monoisotopic (exact) mass is 337 g/mol. The topological polar surface area (TPSA) is 69.6 Å². The van der Waals surface area contributed by atoms with Gasteiger partial charge in [-0.3, -0.25) is 9.79 Å². The summed E-state index contributed by atoms with van der Waals surface area (Å²) in [6.07, 6.45) is 1.36. The molecular formula is C19H23N5O. The Labute approximate surface area is 148 Å². The van der Waals surface area contributed by atoms with Crippen LogP contribution in [0.15, 0.2) is 47.5 Å². The minimum atomic E-state index is -0.0668. The Balaban J connectivity index is 1.52. The predicted octanol–water partition coefficient (Wildman–Crippen LogP) is 2.36. The normalized spacial score (nSPS) is 13.5. The maximum Gasteiger partial charge on any atom is 0.227 e. The van der Waals surface area contributed by atoms with Crippen molar-refractivity contribution in [3.05, 3.63) is 53.7 Å². The fourth-order valence-corrected chi connectivity index (χ4v) is 2.96. The molecule has 0 fully saturated rings. The number of nitrogens with one attached hydrogen (secondary N) is 2. The van der Waals surface area contributed by atoms with Gasteiger partial charge in [-0.05, 0) is 37.1 Å². The van der Waals surface area contributed by atoms with Crippen molar-refractivity contribution < 1.29 is 4.79 Å². The highest BCUT2D eigenvalue weighted by molar-refractivity contribution is 5.98. The van der Waals surface area contributed by atoms with Gasteiger partial charge in [0.1, 0.15) is 5.82 Å². The van der Waals surface area contributed by atoms with Gasteiger partial charge in [0.25, 0.3) is 0 Å². The Hall–Kier alpha value is -2.89. The van der Waals surface area contributed by atoms with Gasteiger partial charge in [0.2, 0.25) is 5.91 Å². The molecule has 2 heterocycles. The standard InChI is InChI=1S/C19H23N5O/c1-14-6-5-9-17(22-14)23-18(25)10-12-21-19(20-2)24-13-11-15-7-3-4-8-16(15)24/h3-9H,10-13H2,1-2H3,(H,20,21)(H,22,23,25). The van der Waals surface area contributed by atoms with Gasteiger partial charge in [0.15, 0.2) is 5.96 Å². The molecule has 1 aromatic heterocycles. The van der Waals surface area contributed by atoms with Crippen LogP contribution < -0.4 is 15.5 Å². The summed E-state index contributed by atoms with van der Waals surface area (Å²) in [4.78, 5) is 22.9. The molecule has 0 bridgehead atoms. The summed E-state index contributed by atoms with van der Waals surface area (Å²) in [5, 5.41) is 6.09. The molecule has 6 heteroatoms. The van der Waals surface area contributed by atoms with Crippen molar-refractivity contribution >= 4 is 23.4 Å². The molecule has 0 radical (unpaired) electrons. The third kappa shape index (κ3) is 4.15. The fraction of sp³-hybridized carbons (Fsp3) is 0.316. The number of aliphatic imine (C=N–C) groups is 1. The van der Waals surface area contributed by atoms with E-state index in [4.69, 9.17) is 0 Å². The molecule has 1 amide bonds. The number of carbonyl (C=O) groups is 1. The minimum Gasteiger partial charge on any atom is -0.355 e. The van der Waals surface area contributed by atoms with Crippen LogP contribution in [-0.4, -0.2) is 37.0 Å². The zero-order valence-electron chi connectivity index (χ0n) is 14.6. The van der Waals surface area contributed by atoms with Crippen LogP contribution in [0, 0.1) is 6.92 Å². The third-order valence-electron chi connectivity index (χ3n) is 4.15. The first-order valence-corrected chi connectivity index (χ1v) is 8.47. The highest BCUT2D eigenvalue weighted by Gasteiger charge is 2.22. The lowest BCUT2D eigenvalue weighted by Crippen LogP contribution is -2.41. The highest BCUT2D eigenvalue weighted by Crippen LogP contribution is 2.27. The van der Waals surface area contributed by atoms with Crippen LogP contribution in [0.3, 0.4) is 0 Å². The molecule has 0 atom stereocenters. The highest BCUT2D eigenvalue weighted by atomic mass is 16.1. The van der Waals surface area contributed by atoms with Gasteiger partial charge in [0, 0.05) is 37.9 Å². The number of aryl methyl sites for hydroxylation is 1. The first-order chi connectivity index (χ1) is 12.2. The molecule has 2 N–H and O–H groups in total. The first kappa shape index (κ1) is 17.0. The smallest absolute Gasteiger partial charge is 0.227 e. The summed E-state index contributed by atoms with van der Waals surface area (Å²) < 4.78 is 0. The third-order valence-corrected chi connectivity index (χ3v) is 4.15. The van der Waals surface area contributed by atoms with Gasteiger partial charge >= 0.3 is 0 Å². The van der Waals surface area contributed by atoms with E-state index in [-0.39, 0.29) is 5.91 Å². The molecule has 6 nitrogen and oxygen atoms in total. The number of amides is 1. The van der Waals surface area contributed by atoms with Crippen molar-refractivity contribution in [1.82, 2.24) is 10.3 Å². The Morgan fingerprint density at radius 2 is 2.08 bits per heavy atom. The van der Waals surface area contributed by atoms with Crippen molar-refractivity contribution in [3.63, 3.8) is 0 Å². The lowest BCUT2D eigenvalue weighted by molar-refractivity contribution is -0.116. The van der Waals surface area contributed by atoms with Crippen LogP contribution in [0.5, 0.6) is 0 Å². The van der Waals surface area contributed by atoms with E-state index in [1.165, 1.54) is 11.3 Å². The van der Waals surface area contributed by atoms with Crippen molar-refractivity contribution in [2.75, 3.05) is 30.4 Å². The Bertz CT molecular complexity index is 787. The fourth-order valence-electron chi connectivity index (χ4n) is 2.96. The number of pyridine rings is 1. The number of hydrogen-bond donors (Lipinski definition) is 2. The average molecular weight is 337 g/mol. The maximum atomic E-state index is 12.1. The van der Waals surface area contributed by atoms with E-state index in [1.54, 1.807) is 13.1 Å². The first-order valence-electron chi connectivity index (χ1n) is 8.47. The zero-order chi connectivity index (χ0) is 17.6. The van der Waals surface area contributed by atoms with Crippen molar-refractivity contribution in [1.29, 1.82) is 0 Å². The van der Waals surface area contributed by atoms with Crippen LogP contribution >= 0.6 is 0 Å². The average Bonchev–Trinajstić information content (AvgIpc) is 3.03.